The van der Waals surface area contributed by atoms with Gasteiger partial charge in [-0.25, -0.2) is 0 Å². The third-order valence-electron chi connectivity index (χ3n) is 5.69. The number of benzene rings is 2. The van der Waals surface area contributed by atoms with Crippen LogP contribution in [-0.2, 0) is 22.4 Å². The number of aliphatic hydroxyl groups excluding tert-OH is 1. The van der Waals surface area contributed by atoms with Gasteiger partial charge in [-0.15, -0.1) is 6.42 Å². The highest BCUT2D eigenvalue weighted by atomic mass is 16.5. The molecule has 0 heterocycles. The van der Waals surface area contributed by atoms with Crippen LogP contribution in [0.25, 0.3) is 0 Å². The Balaban J connectivity index is 1.91. The summed E-state index contributed by atoms with van der Waals surface area (Å²) >= 11 is 0. The van der Waals surface area contributed by atoms with Gasteiger partial charge < -0.3 is 9.84 Å². The number of carbonyl (C=O) groups is 1. The van der Waals surface area contributed by atoms with E-state index in [0.29, 0.717) is 18.8 Å². The molecular formula is C27H31NO3. The number of hydrogen-bond acceptors (Lipinski definition) is 4. The van der Waals surface area contributed by atoms with Crippen LogP contribution < -0.4 is 0 Å². The quantitative estimate of drug-likeness (QED) is 0.345. The molecule has 1 saturated carbocycles. The number of allylic oxidation sites excluding steroid dienone is 1. The molecule has 1 aliphatic rings. The third kappa shape index (κ3) is 6.82. The number of aliphatic hydroxyl groups is 1. The van der Waals surface area contributed by atoms with Crippen molar-refractivity contribution in [1.82, 2.24) is 4.90 Å². The minimum atomic E-state index is -0.714. The molecular weight excluding hydrogens is 386 g/mol. The van der Waals surface area contributed by atoms with Crippen LogP contribution in [-0.4, -0.2) is 47.8 Å². The van der Waals surface area contributed by atoms with E-state index in [0.717, 1.165) is 24.0 Å². The van der Waals surface area contributed by atoms with Crippen LogP contribution in [0, 0.1) is 18.3 Å². The van der Waals surface area contributed by atoms with Crippen LogP contribution in [0.4, 0.5) is 0 Å². The van der Waals surface area contributed by atoms with E-state index in [1.165, 1.54) is 7.11 Å². The van der Waals surface area contributed by atoms with Gasteiger partial charge in [0, 0.05) is 6.42 Å². The first-order chi connectivity index (χ1) is 15.1. The fourth-order valence-electron chi connectivity index (χ4n) is 3.83. The Morgan fingerprint density at radius 2 is 1.71 bits per heavy atom. The van der Waals surface area contributed by atoms with Crippen molar-refractivity contribution in [1.29, 1.82) is 0 Å². The maximum atomic E-state index is 12.8. The molecule has 0 spiro atoms. The lowest BCUT2D eigenvalue weighted by Gasteiger charge is -2.36. The summed E-state index contributed by atoms with van der Waals surface area (Å²) in [5, 5.41) is 11.2. The van der Waals surface area contributed by atoms with E-state index in [1.807, 2.05) is 71.6 Å². The monoisotopic (exact) mass is 417 g/mol. The van der Waals surface area contributed by atoms with Gasteiger partial charge in [-0.05, 0) is 36.3 Å². The summed E-state index contributed by atoms with van der Waals surface area (Å²) in [5.41, 5.74) is 2.06. The second kappa shape index (κ2) is 11.5. The summed E-state index contributed by atoms with van der Waals surface area (Å²) in [6.07, 6.45) is 12.4. The van der Waals surface area contributed by atoms with Gasteiger partial charge in [0.2, 0.25) is 0 Å². The highest BCUT2D eigenvalue weighted by Gasteiger charge is 2.35. The van der Waals surface area contributed by atoms with Gasteiger partial charge in [-0.3, -0.25) is 9.69 Å². The molecule has 0 saturated heterocycles. The normalized spacial score (nSPS) is 16.6. The lowest BCUT2D eigenvalue weighted by Crippen LogP contribution is -2.53. The summed E-state index contributed by atoms with van der Waals surface area (Å²) in [7, 11) is 1.39. The van der Waals surface area contributed by atoms with E-state index < -0.39 is 18.2 Å². The van der Waals surface area contributed by atoms with Gasteiger partial charge in [-0.1, -0.05) is 78.7 Å². The van der Waals surface area contributed by atoms with Gasteiger partial charge in [0.05, 0.1) is 25.8 Å². The van der Waals surface area contributed by atoms with E-state index in [1.54, 1.807) is 0 Å². The second-order valence-electron chi connectivity index (χ2n) is 8.08. The first-order valence-electron chi connectivity index (χ1n) is 10.8. The topological polar surface area (TPSA) is 49.8 Å². The van der Waals surface area contributed by atoms with Crippen molar-refractivity contribution in [2.45, 2.75) is 43.9 Å². The van der Waals surface area contributed by atoms with Gasteiger partial charge in [0.1, 0.15) is 6.04 Å². The maximum Gasteiger partial charge on any atom is 0.323 e. The van der Waals surface area contributed by atoms with Crippen LogP contribution in [0.3, 0.4) is 0 Å². The third-order valence-corrected chi connectivity index (χ3v) is 5.69. The number of esters is 1. The van der Waals surface area contributed by atoms with Gasteiger partial charge in [0.15, 0.2) is 0 Å². The zero-order chi connectivity index (χ0) is 22.1. The van der Waals surface area contributed by atoms with E-state index in [-0.39, 0.29) is 12.5 Å². The Morgan fingerprint density at radius 3 is 2.23 bits per heavy atom. The molecule has 0 aliphatic heterocycles. The highest BCUT2D eigenvalue weighted by Crippen LogP contribution is 2.31. The van der Waals surface area contributed by atoms with Crippen LogP contribution in [0.5, 0.6) is 0 Å². The largest absolute Gasteiger partial charge is 0.468 e. The standard InChI is InChI=1S/C27H31NO3/c1-3-18-28(25(27(30)31-2)19-22-10-6-4-7-11-22)24(17-16-21-14-15-21)26(29)20-23-12-8-5-9-13-23/h1,4-13,16-17,21,24-26,29H,14-15,18-20H2,2H3/b17-16+/t24-,25+,26+/m1/s1. The predicted octanol–water partition coefficient (Wildman–Crippen LogP) is 3.64. The van der Waals surface area contributed by atoms with Crippen molar-refractivity contribution in [3.63, 3.8) is 0 Å². The molecule has 2 aromatic rings. The molecule has 0 radical (unpaired) electrons. The minimum Gasteiger partial charge on any atom is -0.468 e. The van der Waals surface area contributed by atoms with Crippen molar-refractivity contribution < 1.29 is 14.6 Å². The van der Waals surface area contributed by atoms with Crippen LogP contribution in [0.1, 0.15) is 24.0 Å². The molecule has 1 fully saturated rings. The average molecular weight is 418 g/mol. The highest BCUT2D eigenvalue weighted by molar-refractivity contribution is 5.76. The zero-order valence-electron chi connectivity index (χ0n) is 18.1. The first-order valence-corrected chi connectivity index (χ1v) is 10.8. The van der Waals surface area contributed by atoms with Crippen molar-refractivity contribution in [3.8, 4) is 12.3 Å². The molecule has 2 aromatic carbocycles. The number of rotatable bonds is 11. The zero-order valence-corrected chi connectivity index (χ0v) is 18.1. The number of ether oxygens (including phenoxy) is 1. The Kier molecular flexibility index (Phi) is 8.46. The maximum absolute atomic E-state index is 12.8. The fourth-order valence-corrected chi connectivity index (χ4v) is 3.83. The second-order valence-corrected chi connectivity index (χ2v) is 8.08. The lowest BCUT2D eigenvalue weighted by atomic mass is 9.96. The minimum absolute atomic E-state index is 0.234. The molecule has 31 heavy (non-hydrogen) atoms. The summed E-state index contributed by atoms with van der Waals surface area (Å²) in [6, 6.07) is 18.7. The van der Waals surface area contributed by atoms with Crippen LogP contribution >= 0.6 is 0 Å². The van der Waals surface area contributed by atoms with Crippen LogP contribution in [0.2, 0.25) is 0 Å². The Bertz CT molecular complexity index is 884. The van der Waals surface area contributed by atoms with E-state index in [4.69, 9.17) is 11.2 Å². The van der Waals surface area contributed by atoms with E-state index in [9.17, 15) is 9.90 Å². The predicted molar refractivity (Wildman–Crippen MR) is 123 cm³/mol. The van der Waals surface area contributed by atoms with Gasteiger partial charge in [0.25, 0.3) is 0 Å². The molecule has 162 valence electrons. The Morgan fingerprint density at radius 1 is 1.13 bits per heavy atom. The summed E-state index contributed by atoms with van der Waals surface area (Å²) in [5.74, 6) is 2.88. The molecule has 0 bridgehead atoms. The average Bonchev–Trinajstić information content (AvgIpc) is 3.62. The Hall–Kier alpha value is -2.87. The van der Waals surface area contributed by atoms with Gasteiger partial charge in [-0.2, -0.15) is 0 Å². The SMILES string of the molecule is C#CCN([C@H](/C=C/C1CC1)[C@@H](O)Cc1ccccc1)[C@@H](Cc1ccccc1)C(=O)OC. The van der Waals surface area contributed by atoms with Crippen molar-refractivity contribution in [2.75, 3.05) is 13.7 Å². The molecule has 4 nitrogen and oxygen atoms in total. The summed E-state index contributed by atoms with van der Waals surface area (Å²) in [4.78, 5) is 14.7. The molecule has 1 N–H and O–H groups in total. The molecule has 1 aliphatic carbocycles. The first kappa shape index (κ1) is 22.8. The molecule has 3 rings (SSSR count). The lowest BCUT2D eigenvalue weighted by molar-refractivity contribution is -0.148. The van der Waals surface area contributed by atoms with Crippen molar-refractivity contribution in [2.24, 2.45) is 5.92 Å². The van der Waals surface area contributed by atoms with E-state index >= 15 is 0 Å². The van der Waals surface area contributed by atoms with Crippen LogP contribution in [0.15, 0.2) is 72.8 Å². The molecule has 0 unspecified atom stereocenters. The van der Waals surface area contributed by atoms with Gasteiger partial charge >= 0.3 is 5.97 Å². The Labute approximate surface area is 185 Å². The number of nitrogens with zero attached hydrogens (tertiary/aromatic N) is 1. The number of methoxy groups -OCH3 is 1. The molecule has 3 atom stereocenters. The molecule has 0 aromatic heterocycles. The number of hydrogen-bond donors (Lipinski definition) is 1. The van der Waals surface area contributed by atoms with E-state index in [2.05, 4.69) is 12.0 Å². The van der Waals surface area contributed by atoms with Crippen molar-refractivity contribution in [3.05, 3.63) is 83.9 Å². The smallest absolute Gasteiger partial charge is 0.323 e. The molecule has 4 heteroatoms. The summed E-state index contributed by atoms with van der Waals surface area (Å²) < 4.78 is 5.14. The molecule has 0 amide bonds. The van der Waals surface area contributed by atoms with Crippen molar-refractivity contribution >= 4 is 5.97 Å². The number of carbonyl (C=O) groups excluding carboxylic acids is 1. The summed E-state index contributed by atoms with van der Waals surface area (Å²) in [6.45, 7) is 0.234. The number of terminal acetylenes is 1. The fraction of sp³-hybridized carbons (Fsp3) is 0.370.